The highest BCUT2D eigenvalue weighted by Crippen LogP contribution is 2.26. The Bertz CT molecular complexity index is 522. The molecule has 0 bridgehead atoms. The SMILES string of the molecule is CN(CC1CCCC1O)C(=O)NC1CCN(c2ccccc2)C1. The molecular weight excluding hydrogens is 290 g/mol. The van der Waals surface area contributed by atoms with Crippen LogP contribution in [-0.2, 0) is 0 Å². The number of nitrogens with one attached hydrogen (secondary N) is 1. The molecule has 0 spiro atoms. The molecule has 1 aliphatic carbocycles. The first kappa shape index (κ1) is 16.1. The lowest BCUT2D eigenvalue weighted by atomic mass is 10.1. The number of carbonyl (C=O) groups is 1. The standard InChI is InChI=1S/C18H27N3O2/c1-20(12-14-6-5-9-17(14)22)18(23)19-15-10-11-21(13-15)16-7-3-2-4-8-16/h2-4,7-8,14-15,17,22H,5-6,9-13H2,1H3,(H,19,23). The maximum Gasteiger partial charge on any atom is 0.317 e. The lowest BCUT2D eigenvalue weighted by Crippen LogP contribution is -2.46. The van der Waals surface area contributed by atoms with E-state index < -0.39 is 0 Å². The third kappa shape index (κ3) is 3.96. The van der Waals surface area contributed by atoms with Crippen molar-refractivity contribution in [2.24, 2.45) is 5.92 Å². The number of anilines is 1. The van der Waals surface area contributed by atoms with Crippen LogP contribution >= 0.6 is 0 Å². The minimum atomic E-state index is -0.245. The molecule has 0 aromatic heterocycles. The highest BCUT2D eigenvalue weighted by molar-refractivity contribution is 5.74. The largest absolute Gasteiger partial charge is 0.393 e. The second-order valence-electron chi connectivity index (χ2n) is 6.86. The lowest BCUT2D eigenvalue weighted by molar-refractivity contribution is 0.113. The van der Waals surface area contributed by atoms with Crippen LogP contribution < -0.4 is 10.2 Å². The van der Waals surface area contributed by atoms with Gasteiger partial charge in [-0.05, 0) is 31.4 Å². The van der Waals surface area contributed by atoms with E-state index in [2.05, 4.69) is 22.3 Å². The van der Waals surface area contributed by atoms with Crippen LogP contribution in [0.25, 0.3) is 0 Å². The molecule has 23 heavy (non-hydrogen) atoms. The Morgan fingerprint density at radius 2 is 2.09 bits per heavy atom. The molecular formula is C18H27N3O2. The van der Waals surface area contributed by atoms with Gasteiger partial charge in [0.15, 0.2) is 0 Å². The first-order valence-corrected chi connectivity index (χ1v) is 8.63. The number of urea groups is 1. The molecule has 3 atom stereocenters. The number of benzene rings is 1. The van der Waals surface area contributed by atoms with Gasteiger partial charge in [0.05, 0.1) is 6.10 Å². The summed E-state index contributed by atoms with van der Waals surface area (Å²) in [6.07, 6.45) is 3.68. The molecule has 2 aliphatic rings. The van der Waals surface area contributed by atoms with Gasteiger partial charge in [-0.2, -0.15) is 0 Å². The number of carbonyl (C=O) groups excluding carboxylic acids is 1. The van der Waals surface area contributed by atoms with Crippen molar-refractivity contribution in [2.75, 3.05) is 31.6 Å². The minimum absolute atomic E-state index is 0.0241. The van der Waals surface area contributed by atoms with Crippen LogP contribution in [0.1, 0.15) is 25.7 Å². The number of hydrogen-bond acceptors (Lipinski definition) is 3. The van der Waals surface area contributed by atoms with E-state index in [9.17, 15) is 9.90 Å². The van der Waals surface area contributed by atoms with Crippen LogP contribution in [0.5, 0.6) is 0 Å². The fourth-order valence-corrected chi connectivity index (χ4v) is 3.70. The van der Waals surface area contributed by atoms with Gasteiger partial charge in [-0.25, -0.2) is 4.79 Å². The third-order valence-electron chi connectivity index (χ3n) is 5.11. The molecule has 1 saturated carbocycles. The summed E-state index contributed by atoms with van der Waals surface area (Å²) in [5, 5.41) is 13.0. The fourth-order valence-electron chi connectivity index (χ4n) is 3.70. The summed E-state index contributed by atoms with van der Waals surface area (Å²) in [7, 11) is 1.82. The van der Waals surface area contributed by atoms with Gasteiger partial charge in [-0.15, -0.1) is 0 Å². The van der Waals surface area contributed by atoms with Crippen LogP contribution in [0.3, 0.4) is 0 Å². The number of nitrogens with zero attached hydrogens (tertiary/aromatic N) is 2. The van der Waals surface area contributed by atoms with E-state index in [-0.39, 0.29) is 24.1 Å². The molecule has 126 valence electrons. The Hall–Kier alpha value is -1.75. The summed E-state index contributed by atoms with van der Waals surface area (Å²) in [6.45, 7) is 2.47. The fraction of sp³-hybridized carbons (Fsp3) is 0.611. The predicted octanol–water partition coefficient (Wildman–Crippen LogP) is 2.07. The first-order valence-electron chi connectivity index (χ1n) is 8.63. The molecule has 1 aliphatic heterocycles. The second-order valence-corrected chi connectivity index (χ2v) is 6.86. The molecule has 5 heteroatoms. The van der Waals surface area contributed by atoms with Crippen LogP contribution in [0.4, 0.5) is 10.5 Å². The average Bonchev–Trinajstić information content (AvgIpc) is 3.18. The van der Waals surface area contributed by atoms with Crippen molar-refractivity contribution in [3.8, 4) is 0 Å². The van der Waals surface area contributed by atoms with Crippen molar-refractivity contribution in [1.29, 1.82) is 0 Å². The molecule has 1 aromatic carbocycles. The van der Waals surface area contributed by atoms with Crippen molar-refractivity contribution >= 4 is 11.7 Å². The van der Waals surface area contributed by atoms with Gasteiger partial charge < -0.3 is 20.2 Å². The van der Waals surface area contributed by atoms with Gasteiger partial charge in [0.25, 0.3) is 0 Å². The quantitative estimate of drug-likeness (QED) is 0.894. The summed E-state index contributed by atoms with van der Waals surface area (Å²) in [5.74, 6) is 0.232. The van der Waals surface area contributed by atoms with E-state index >= 15 is 0 Å². The molecule has 3 rings (SSSR count). The Labute approximate surface area is 138 Å². The van der Waals surface area contributed by atoms with E-state index in [0.717, 1.165) is 38.8 Å². The molecule has 2 amide bonds. The summed E-state index contributed by atoms with van der Waals surface area (Å²) in [4.78, 5) is 16.4. The lowest BCUT2D eigenvalue weighted by Gasteiger charge is -2.25. The maximum absolute atomic E-state index is 12.4. The van der Waals surface area contributed by atoms with Crippen molar-refractivity contribution < 1.29 is 9.90 Å². The zero-order valence-corrected chi connectivity index (χ0v) is 13.8. The van der Waals surface area contributed by atoms with Gasteiger partial charge in [0.1, 0.15) is 0 Å². The highest BCUT2D eigenvalue weighted by Gasteiger charge is 2.29. The zero-order chi connectivity index (χ0) is 16.2. The van der Waals surface area contributed by atoms with Crippen molar-refractivity contribution in [1.82, 2.24) is 10.2 Å². The van der Waals surface area contributed by atoms with E-state index in [1.54, 1.807) is 4.90 Å². The summed E-state index contributed by atoms with van der Waals surface area (Å²) < 4.78 is 0. The normalized spacial score (nSPS) is 27.2. The molecule has 5 nitrogen and oxygen atoms in total. The number of aliphatic hydroxyl groups is 1. The topological polar surface area (TPSA) is 55.8 Å². The molecule has 2 N–H and O–H groups in total. The smallest absolute Gasteiger partial charge is 0.317 e. The predicted molar refractivity (Wildman–Crippen MR) is 91.6 cm³/mol. The van der Waals surface area contributed by atoms with Gasteiger partial charge in [0, 0.05) is 44.3 Å². The van der Waals surface area contributed by atoms with Crippen LogP contribution in [0.15, 0.2) is 30.3 Å². The van der Waals surface area contributed by atoms with E-state index in [1.807, 2.05) is 25.2 Å². The summed E-state index contributed by atoms with van der Waals surface area (Å²) >= 11 is 0. The minimum Gasteiger partial charge on any atom is -0.393 e. The Morgan fingerprint density at radius 1 is 1.30 bits per heavy atom. The van der Waals surface area contributed by atoms with Gasteiger partial charge in [0.2, 0.25) is 0 Å². The van der Waals surface area contributed by atoms with Crippen LogP contribution in [0.2, 0.25) is 0 Å². The monoisotopic (exact) mass is 317 g/mol. The Balaban J connectivity index is 1.47. The maximum atomic E-state index is 12.4. The van der Waals surface area contributed by atoms with Gasteiger partial charge >= 0.3 is 6.03 Å². The number of para-hydroxylation sites is 1. The number of aliphatic hydroxyl groups excluding tert-OH is 1. The number of amides is 2. The Kier molecular flexibility index (Phi) is 5.06. The van der Waals surface area contributed by atoms with E-state index in [0.29, 0.717) is 6.54 Å². The van der Waals surface area contributed by atoms with Crippen LogP contribution in [0, 0.1) is 5.92 Å². The number of rotatable bonds is 4. The van der Waals surface area contributed by atoms with Crippen molar-refractivity contribution in [3.05, 3.63) is 30.3 Å². The Morgan fingerprint density at radius 3 is 2.78 bits per heavy atom. The summed E-state index contributed by atoms with van der Waals surface area (Å²) in [5.41, 5.74) is 1.21. The van der Waals surface area contributed by atoms with E-state index in [1.165, 1.54) is 5.69 Å². The zero-order valence-electron chi connectivity index (χ0n) is 13.8. The highest BCUT2D eigenvalue weighted by atomic mass is 16.3. The van der Waals surface area contributed by atoms with E-state index in [4.69, 9.17) is 0 Å². The molecule has 1 saturated heterocycles. The molecule has 1 heterocycles. The molecule has 0 radical (unpaired) electrons. The number of hydrogen-bond donors (Lipinski definition) is 2. The van der Waals surface area contributed by atoms with Crippen molar-refractivity contribution in [3.63, 3.8) is 0 Å². The average molecular weight is 317 g/mol. The van der Waals surface area contributed by atoms with Gasteiger partial charge in [-0.3, -0.25) is 0 Å². The second kappa shape index (κ2) is 7.21. The third-order valence-corrected chi connectivity index (χ3v) is 5.11. The molecule has 3 unspecified atom stereocenters. The van der Waals surface area contributed by atoms with Gasteiger partial charge in [-0.1, -0.05) is 24.6 Å². The van der Waals surface area contributed by atoms with Crippen molar-refractivity contribution in [2.45, 2.75) is 37.8 Å². The summed E-state index contributed by atoms with van der Waals surface area (Å²) in [6, 6.07) is 10.5. The molecule has 1 aromatic rings. The van der Waals surface area contributed by atoms with Crippen LogP contribution in [-0.4, -0.2) is 54.9 Å². The first-order chi connectivity index (χ1) is 11.1. The molecule has 2 fully saturated rings.